The molecule has 1 heterocycles. The summed E-state index contributed by atoms with van der Waals surface area (Å²) < 4.78 is 0. The number of amides is 2. The number of fused-ring (bicyclic) bond motifs is 1. The van der Waals surface area contributed by atoms with Gasteiger partial charge in [0.25, 0.3) is 11.8 Å². The van der Waals surface area contributed by atoms with Gasteiger partial charge < -0.3 is 20.7 Å². The van der Waals surface area contributed by atoms with E-state index in [2.05, 4.69) is 10.9 Å². The number of anilines is 2. The van der Waals surface area contributed by atoms with E-state index < -0.39 is 23.5 Å². The smallest absolute Gasteiger partial charge is 0.335 e. The summed E-state index contributed by atoms with van der Waals surface area (Å²) in [5, 5.41) is 28.7. The molecule has 3 aromatic rings. The normalized spacial score (nSPS) is 13.9. The zero-order valence-electron chi connectivity index (χ0n) is 17.7. The van der Waals surface area contributed by atoms with Crippen LogP contribution in [0.5, 0.6) is 11.5 Å². The summed E-state index contributed by atoms with van der Waals surface area (Å²) in [7, 11) is 0. The van der Waals surface area contributed by atoms with E-state index in [9.17, 15) is 29.7 Å². The molecule has 2 amide bonds. The summed E-state index contributed by atoms with van der Waals surface area (Å²) in [4.78, 5) is 38.7. The lowest BCUT2D eigenvalue weighted by Crippen LogP contribution is -2.37. The van der Waals surface area contributed by atoms with Gasteiger partial charge in [-0.1, -0.05) is 23.7 Å². The molecule has 3 aromatic carbocycles. The van der Waals surface area contributed by atoms with Crippen LogP contribution in [-0.4, -0.2) is 33.1 Å². The van der Waals surface area contributed by atoms with Gasteiger partial charge in [-0.15, -0.1) is 0 Å². The van der Waals surface area contributed by atoms with Crippen molar-refractivity contribution in [1.82, 2.24) is 10.9 Å². The second-order valence-corrected chi connectivity index (χ2v) is 7.88. The van der Waals surface area contributed by atoms with Gasteiger partial charge in [0.1, 0.15) is 0 Å². The Bertz CT molecular complexity index is 1380. The molecule has 0 atom stereocenters. The van der Waals surface area contributed by atoms with Crippen LogP contribution in [0, 0.1) is 0 Å². The van der Waals surface area contributed by atoms with Crippen molar-refractivity contribution in [2.24, 2.45) is 0 Å². The molecule has 0 saturated carbocycles. The third-order valence-electron chi connectivity index (χ3n) is 5.21. The van der Waals surface area contributed by atoms with Gasteiger partial charge in [-0.3, -0.25) is 19.9 Å². The topological polar surface area (TPSA) is 139 Å². The molecule has 0 aliphatic carbocycles. The minimum Gasteiger partial charge on any atom is -0.504 e. The summed E-state index contributed by atoms with van der Waals surface area (Å²) in [6, 6.07) is 14.4. The zero-order chi connectivity index (χ0) is 24.6. The van der Waals surface area contributed by atoms with Crippen LogP contribution in [0.15, 0.2) is 66.4 Å². The van der Waals surface area contributed by atoms with Gasteiger partial charge in [-0.25, -0.2) is 4.79 Å². The van der Waals surface area contributed by atoms with Gasteiger partial charge in [-0.05, 0) is 55.5 Å². The first-order valence-corrected chi connectivity index (χ1v) is 10.3. The molecule has 5 N–H and O–H groups in total. The molecule has 0 spiro atoms. The Morgan fingerprint density at radius 1 is 0.912 bits per heavy atom. The molecule has 9 nitrogen and oxygen atoms in total. The Hall–Kier alpha value is -4.50. The van der Waals surface area contributed by atoms with Crippen molar-refractivity contribution in [3.63, 3.8) is 0 Å². The number of carbonyl (C=O) groups excluding carboxylic acids is 2. The summed E-state index contributed by atoms with van der Waals surface area (Å²) in [5.41, 5.74) is 7.18. The molecule has 1 aliphatic heterocycles. The Balaban J connectivity index is 1.68. The van der Waals surface area contributed by atoms with Crippen LogP contribution in [0.3, 0.4) is 0 Å². The van der Waals surface area contributed by atoms with Crippen LogP contribution >= 0.6 is 11.6 Å². The maximum Gasteiger partial charge on any atom is 0.335 e. The van der Waals surface area contributed by atoms with E-state index in [-0.39, 0.29) is 22.4 Å². The Morgan fingerprint density at radius 3 is 2.38 bits per heavy atom. The summed E-state index contributed by atoms with van der Waals surface area (Å²) >= 11 is 6.17. The van der Waals surface area contributed by atoms with Crippen LogP contribution in [0.25, 0.3) is 5.57 Å². The molecule has 0 unspecified atom stereocenters. The lowest BCUT2D eigenvalue weighted by atomic mass is 10.1. The number of rotatable bonds is 5. The van der Waals surface area contributed by atoms with Gasteiger partial charge >= 0.3 is 5.97 Å². The fourth-order valence-electron chi connectivity index (χ4n) is 3.58. The fourth-order valence-corrected chi connectivity index (χ4v) is 3.75. The highest BCUT2D eigenvalue weighted by atomic mass is 35.5. The highest BCUT2D eigenvalue weighted by molar-refractivity contribution is 6.37. The first kappa shape index (κ1) is 22.7. The van der Waals surface area contributed by atoms with Gasteiger partial charge in [0, 0.05) is 21.8 Å². The molecule has 172 valence electrons. The zero-order valence-corrected chi connectivity index (χ0v) is 18.4. The number of carboxylic acids is 1. The van der Waals surface area contributed by atoms with Crippen molar-refractivity contribution in [3.05, 3.63) is 88.1 Å². The molecule has 34 heavy (non-hydrogen) atoms. The first-order valence-electron chi connectivity index (χ1n) is 9.94. The van der Waals surface area contributed by atoms with Gasteiger partial charge in [0.05, 0.1) is 22.5 Å². The van der Waals surface area contributed by atoms with Crippen molar-refractivity contribution in [3.8, 4) is 11.5 Å². The van der Waals surface area contributed by atoms with E-state index in [1.165, 1.54) is 35.2 Å². The van der Waals surface area contributed by atoms with Crippen molar-refractivity contribution >= 4 is 46.3 Å². The molecule has 1 aliphatic rings. The predicted molar refractivity (Wildman–Crippen MR) is 125 cm³/mol. The van der Waals surface area contributed by atoms with Gasteiger partial charge in [0.15, 0.2) is 11.5 Å². The number of halogens is 1. The Kier molecular flexibility index (Phi) is 5.87. The second kappa shape index (κ2) is 8.80. The van der Waals surface area contributed by atoms with Crippen molar-refractivity contribution in [2.45, 2.75) is 6.92 Å². The number of aromatic carboxylic acids is 1. The standard InChI is InChI=1S/C24H18ClN3O6/c1-12(26-27-22(31)13-5-8-19(29)20(30)10-13)21-17-7-6-15(25)11-18(17)28(23(21)32)16-4-2-3-14(9-16)24(33)34/h2-11,26,29-30H,1H3,(H,27,31)(H,33,34)/b21-12+. The molecule has 0 saturated heterocycles. The average Bonchev–Trinajstić information content (AvgIpc) is 3.09. The Morgan fingerprint density at radius 2 is 1.68 bits per heavy atom. The van der Waals surface area contributed by atoms with E-state index in [0.717, 1.165) is 6.07 Å². The number of carbonyl (C=O) groups is 3. The van der Waals surface area contributed by atoms with Crippen molar-refractivity contribution in [1.29, 1.82) is 0 Å². The maximum atomic E-state index is 13.5. The van der Waals surface area contributed by atoms with Crippen molar-refractivity contribution in [2.75, 3.05) is 4.90 Å². The number of carboxylic acid groups (broad SMARTS) is 1. The predicted octanol–water partition coefficient (Wildman–Crippen LogP) is 3.79. The molecule has 0 fully saturated rings. The number of benzene rings is 3. The number of aromatic hydroxyl groups is 2. The van der Waals surface area contributed by atoms with E-state index in [0.29, 0.717) is 27.7 Å². The SMILES string of the molecule is C/C(NNC(=O)c1ccc(O)c(O)c1)=C1\C(=O)N(c2cccc(C(=O)O)c2)c2cc(Cl)ccc21. The summed E-state index contributed by atoms with van der Waals surface area (Å²) in [6.45, 7) is 1.59. The monoisotopic (exact) mass is 479 g/mol. The van der Waals surface area contributed by atoms with Crippen LogP contribution in [0.1, 0.15) is 33.2 Å². The van der Waals surface area contributed by atoms with Crippen LogP contribution in [-0.2, 0) is 4.79 Å². The van der Waals surface area contributed by atoms with Crippen LogP contribution in [0.2, 0.25) is 5.02 Å². The number of allylic oxidation sites excluding steroid dienone is 1. The molecular formula is C24H18ClN3O6. The van der Waals surface area contributed by atoms with Gasteiger partial charge in [-0.2, -0.15) is 0 Å². The number of nitrogens with one attached hydrogen (secondary N) is 2. The highest BCUT2D eigenvalue weighted by Gasteiger charge is 2.35. The lowest BCUT2D eigenvalue weighted by Gasteiger charge is -2.18. The van der Waals surface area contributed by atoms with E-state index >= 15 is 0 Å². The number of hydrazine groups is 1. The largest absolute Gasteiger partial charge is 0.504 e. The first-order chi connectivity index (χ1) is 16.2. The quantitative estimate of drug-likeness (QED) is 0.213. The van der Waals surface area contributed by atoms with E-state index in [4.69, 9.17) is 11.6 Å². The fraction of sp³-hybridized carbons (Fsp3) is 0.0417. The van der Waals surface area contributed by atoms with Crippen LogP contribution < -0.4 is 15.8 Å². The van der Waals surface area contributed by atoms with Gasteiger partial charge in [0.2, 0.25) is 0 Å². The number of hydrogen-bond acceptors (Lipinski definition) is 6. The summed E-state index contributed by atoms with van der Waals surface area (Å²) in [5.74, 6) is -2.98. The Labute approximate surface area is 198 Å². The number of phenols is 2. The lowest BCUT2D eigenvalue weighted by molar-refractivity contribution is -0.112. The molecule has 0 bridgehead atoms. The number of nitrogens with zero attached hydrogens (tertiary/aromatic N) is 1. The maximum absolute atomic E-state index is 13.5. The molecule has 0 aromatic heterocycles. The third kappa shape index (κ3) is 4.12. The average molecular weight is 480 g/mol. The molecular weight excluding hydrogens is 462 g/mol. The molecule has 0 radical (unpaired) electrons. The second-order valence-electron chi connectivity index (χ2n) is 7.44. The minimum absolute atomic E-state index is 0.0190. The van der Waals surface area contributed by atoms with Crippen molar-refractivity contribution < 1.29 is 29.7 Å². The number of hydrogen-bond donors (Lipinski definition) is 5. The molecule has 10 heteroatoms. The minimum atomic E-state index is -1.13. The number of phenolic OH excluding ortho intramolecular Hbond substituents is 2. The van der Waals surface area contributed by atoms with E-state index in [1.54, 1.807) is 31.2 Å². The highest BCUT2D eigenvalue weighted by Crippen LogP contribution is 2.43. The molecule has 4 rings (SSSR count). The van der Waals surface area contributed by atoms with Crippen LogP contribution in [0.4, 0.5) is 11.4 Å². The summed E-state index contributed by atoms with van der Waals surface area (Å²) in [6.07, 6.45) is 0. The van der Waals surface area contributed by atoms with E-state index in [1.807, 2.05) is 0 Å². The third-order valence-corrected chi connectivity index (χ3v) is 5.45.